The Labute approximate surface area is 108 Å². The number of aryl methyl sites for hydroxylation is 1. The predicted molar refractivity (Wildman–Crippen MR) is 68.4 cm³/mol. The van der Waals surface area contributed by atoms with Crippen LogP contribution in [0.1, 0.15) is 24.5 Å². The zero-order chi connectivity index (χ0) is 13.3. The molecule has 2 unspecified atom stereocenters. The molecule has 0 bridgehead atoms. The van der Waals surface area contributed by atoms with Gasteiger partial charge in [-0.2, -0.15) is 5.26 Å². The first-order chi connectivity index (χ1) is 8.44. The topological polar surface area (TPSA) is 70.0 Å². The number of hydrogen-bond acceptors (Lipinski definition) is 3. The molecule has 0 saturated heterocycles. The minimum Gasteiger partial charge on any atom is -0.211 e. The van der Waals surface area contributed by atoms with Crippen LogP contribution in [0, 0.1) is 30.1 Å². The maximum atomic E-state index is 12.0. The summed E-state index contributed by atoms with van der Waals surface area (Å²) in [4.78, 5) is 0.229. The van der Waals surface area contributed by atoms with Crippen LogP contribution >= 0.6 is 0 Å². The van der Waals surface area contributed by atoms with Crippen LogP contribution < -0.4 is 4.72 Å². The van der Waals surface area contributed by atoms with Crippen molar-refractivity contribution in [2.75, 3.05) is 6.54 Å². The van der Waals surface area contributed by atoms with E-state index in [0.29, 0.717) is 29.5 Å². The average Bonchev–Trinajstić information content (AvgIpc) is 3.03. The summed E-state index contributed by atoms with van der Waals surface area (Å²) in [6.07, 6.45) is 1.09. The maximum Gasteiger partial charge on any atom is 0.240 e. The molecular weight excluding hydrogens is 248 g/mol. The Kier molecular flexibility index (Phi) is 3.42. The predicted octanol–water partition coefficient (Wildman–Crippen LogP) is 1.80. The van der Waals surface area contributed by atoms with Gasteiger partial charge in [0.2, 0.25) is 10.0 Å². The Morgan fingerprint density at radius 2 is 2.17 bits per heavy atom. The van der Waals surface area contributed by atoms with E-state index in [9.17, 15) is 8.42 Å². The highest BCUT2D eigenvalue weighted by Crippen LogP contribution is 2.37. The SMILES string of the molecule is Cc1cc(S(=O)(=O)NCC2CC2C)ccc1C#N. The van der Waals surface area contributed by atoms with E-state index in [1.54, 1.807) is 13.0 Å². The van der Waals surface area contributed by atoms with Gasteiger partial charge in [0.25, 0.3) is 0 Å². The average molecular weight is 264 g/mol. The van der Waals surface area contributed by atoms with Crippen molar-refractivity contribution in [3.63, 3.8) is 0 Å². The number of hydrogen-bond donors (Lipinski definition) is 1. The summed E-state index contributed by atoms with van der Waals surface area (Å²) in [7, 11) is -3.45. The van der Waals surface area contributed by atoms with Crippen LogP contribution in [0.3, 0.4) is 0 Å². The number of nitrogens with zero attached hydrogens (tertiary/aromatic N) is 1. The highest BCUT2D eigenvalue weighted by atomic mass is 32.2. The van der Waals surface area contributed by atoms with Crippen molar-refractivity contribution >= 4 is 10.0 Å². The molecule has 2 atom stereocenters. The molecule has 0 spiro atoms. The summed E-state index contributed by atoms with van der Waals surface area (Å²) in [6, 6.07) is 6.59. The molecule has 0 aliphatic heterocycles. The Morgan fingerprint density at radius 1 is 1.50 bits per heavy atom. The van der Waals surface area contributed by atoms with Gasteiger partial charge >= 0.3 is 0 Å². The summed E-state index contributed by atoms with van der Waals surface area (Å²) in [5, 5.41) is 8.81. The first-order valence-electron chi connectivity index (χ1n) is 5.94. The molecule has 1 aliphatic rings. The fourth-order valence-corrected chi connectivity index (χ4v) is 3.09. The van der Waals surface area contributed by atoms with Crippen molar-refractivity contribution < 1.29 is 8.42 Å². The molecule has 1 aliphatic carbocycles. The fourth-order valence-electron chi connectivity index (χ4n) is 1.91. The van der Waals surface area contributed by atoms with E-state index >= 15 is 0 Å². The molecule has 0 heterocycles. The molecule has 0 radical (unpaired) electrons. The van der Waals surface area contributed by atoms with E-state index in [4.69, 9.17) is 5.26 Å². The van der Waals surface area contributed by atoms with Crippen molar-refractivity contribution in [3.8, 4) is 6.07 Å². The van der Waals surface area contributed by atoms with E-state index in [0.717, 1.165) is 6.42 Å². The lowest BCUT2D eigenvalue weighted by Crippen LogP contribution is -2.26. The Hall–Kier alpha value is -1.38. The highest BCUT2D eigenvalue weighted by Gasteiger charge is 2.33. The molecule has 5 heteroatoms. The Morgan fingerprint density at radius 3 is 2.67 bits per heavy atom. The van der Waals surface area contributed by atoms with Crippen LogP contribution in [0.15, 0.2) is 23.1 Å². The zero-order valence-electron chi connectivity index (χ0n) is 10.5. The molecule has 1 aromatic carbocycles. The number of benzene rings is 1. The van der Waals surface area contributed by atoms with Crippen LogP contribution in [0.4, 0.5) is 0 Å². The first-order valence-corrected chi connectivity index (χ1v) is 7.43. The zero-order valence-corrected chi connectivity index (χ0v) is 11.3. The molecule has 1 saturated carbocycles. The van der Waals surface area contributed by atoms with Crippen molar-refractivity contribution in [2.24, 2.45) is 11.8 Å². The van der Waals surface area contributed by atoms with Crippen molar-refractivity contribution in [1.82, 2.24) is 4.72 Å². The highest BCUT2D eigenvalue weighted by molar-refractivity contribution is 7.89. The van der Waals surface area contributed by atoms with Gasteiger partial charge in [0, 0.05) is 6.54 Å². The van der Waals surface area contributed by atoms with Crippen molar-refractivity contribution in [1.29, 1.82) is 5.26 Å². The lowest BCUT2D eigenvalue weighted by Gasteiger charge is -2.07. The van der Waals surface area contributed by atoms with Gasteiger partial charge < -0.3 is 0 Å². The van der Waals surface area contributed by atoms with Gasteiger partial charge in [-0.05, 0) is 48.9 Å². The third-order valence-corrected chi connectivity index (χ3v) is 4.86. The van der Waals surface area contributed by atoms with Crippen LogP contribution in [0.25, 0.3) is 0 Å². The molecule has 1 N–H and O–H groups in total. The van der Waals surface area contributed by atoms with Gasteiger partial charge in [0.05, 0.1) is 16.5 Å². The van der Waals surface area contributed by atoms with Crippen LogP contribution in [0.5, 0.6) is 0 Å². The van der Waals surface area contributed by atoms with E-state index in [1.165, 1.54) is 12.1 Å². The first kappa shape index (κ1) is 13.1. The molecule has 18 heavy (non-hydrogen) atoms. The van der Waals surface area contributed by atoms with Crippen molar-refractivity contribution in [3.05, 3.63) is 29.3 Å². The molecule has 2 rings (SSSR count). The minimum absolute atomic E-state index is 0.229. The lowest BCUT2D eigenvalue weighted by atomic mass is 10.1. The molecule has 0 aromatic heterocycles. The molecule has 96 valence electrons. The van der Waals surface area contributed by atoms with Crippen LogP contribution in [0.2, 0.25) is 0 Å². The molecule has 1 fully saturated rings. The molecular formula is C13H16N2O2S. The summed E-state index contributed by atoms with van der Waals surface area (Å²) in [5.74, 6) is 1.09. The summed E-state index contributed by atoms with van der Waals surface area (Å²) in [6.45, 7) is 4.36. The standard InChI is InChI=1S/C13H16N2O2S/c1-9-5-12(9)8-15-18(16,17)13-4-3-11(7-14)10(2)6-13/h3-4,6,9,12,15H,5,8H2,1-2H3. The van der Waals surface area contributed by atoms with Crippen LogP contribution in [-0.2, 0) is 10.0 Å². The van der Waals surface area contributed by atoms with Crippen molar-refractivity contribution in [2.45, 2.75) is 25.2 Å². The normalized spacial score (nSPS) is 22.5. The van der Waals surface area contributed by atoms with E-state index in [2.05, 4.69) is 11.6 Å². The number of sulfonamides is 1. The van der Waals surface area contributed by atoms with E-state index in [1.807, 2.05) is 6.07 Å². The summed E-state index contributed by atoms with van der Waals surface area (Å²) >= 11 is 0. The third-order valence-electron chi connectivity index (χ3n) is 3.44. The van der Waals surface area contributed by atoms with Gasteiger partial charge in [-0.1, -0.05) is 6.92 Å². The minimum atomic E-state index is -3.45. The number of nitrogens with one attached hydrogen (secondary N) is 1. The quantitative estimate of drug-likeness (QED) is 0.901. The lowest BCUT2D eigenvalue weighted by molar-refractivity contribution is 0.574. The van der Waals surface area contributed by atoms with Gasteiger partial charge in [-0.25, -0.2) is 13.1 Å². The monoisotopic (exact) mass is 264 g/mol. The van der Waals surface area contributed by atoms with Crippen LogP contribution in [-0.4, -0.2) is 15.0 Å². The molecule has 1 aromatic rings. The Balaban J connectivity index is 2.14. The van der Waals surface area contributed by atoms with Gasteiger partial charge in [0.15, 0.2) is 0 Å². The fraction of sp³-hybridized carbons (Fsp3) is 0.462. The Bertz CT molecular complexity index is 602. The smallest absolute Gasteiger partial charge is 0.211 e. The van der Waals surface area contributed by atoms with Gasteiger partial charge in [0.1, 0.15) is 0 Å². The third kappa shape index (κ3) is 2.71. The van der Waals surface area contributed by atoms with E-state index < -0.39 is 10.0 Å². The maximum absolute atomic E-state index is 12.0. The summed E-state index contributed by atoms with van der Waals surface area (Å²) in [5.41, 5.74) is 1.19. The summed E-state index contributed by atoms with van der Waals surface area (Å²) < 4.78 is 26.7. The second-order valence-corrected chi connectivity index (χ2v) is 6.68. The molecule has 0 amide bonds. The number of rotatable bonds is 4. The second-order valence-electron chi connectivity index (χ2n) is 4.91. The second kappa shape index (κ2) is 4.71. The van der Waals surface area contributed by atoms with Gasteiger partial charge in [-0.3, -0.25) is 0 Å². The molecule has 4 nitrogen and oxygen atoms in total. The number of nitriles is 1. The largest absolute Gasteiger partial charge is 0.240 e. The van der Waals surface area contributed by atoms with Gasteiger partial charge in [-0.15, -0.1) is 0 Å². The van der Waals surface area contributed by atoms with E-state index in [-0.39, 0.29) is 4.90 Å².